The fraction of sp³-hybridized carbons (Fsp3) is 0.625. The van der Waals surface area contributed by atoms with Gasteiger partial charge in [0.05, 0.1) is 17.0 Å². The third-order valence-corrected chi connectivity index (χ3v) is 5.89. The first-order valence-electron chi connectivity index (χ1n) is 8.03. The van der Waals surface area contributed by atoms with E-state index in [1.54, 1.807) is 11.2 Å². The Morgan fingerprint density at radius 3 is 2.83 bits per heavy atom. The SMILES string of the molecule is CN(C)c1ncnc2c1CCN(C(=O)[C@H]1CSC(C)(C)C(=O)N1)C2. The smallest absolute Gasteiger partial charge is 0.246 e. The van der Waals surface area contributed by atoms with Gasteiger partial charge in [-0.05, 0) is 20.3 Å². The molecule has 0 aliphatic carbocycles. The van der Waals surface area contributed by atoms with Gasteiger partial charge in [-0.3, -0.25) is 9.59 Å². The van der Waals surface area contributed by atoms with Crippen LogP contribution in [-0.2, 0) is 22.6 Å². The summed E-state index contributed by atoms with van der Waals surface area (Å²) in [6, 6.07) is -0.452. The minimum absolute atomic E-state index is 0.0259. The molecule has 2 aliphatic rings. The van der Waals surface area contributed by atoms with Crippen molar-refractivity contribution in [3.8, 4) is 0 Å². The topological polar surface area (TPSA) is 78.4 Å². The van der Waals surface area contributed by atoms with E-state index in [1.807, 2.05) is 32.8 Å². The summed E-state index contributed by atoms with van der Waals surface area (Å²) in [6.07, 6.45) is 2.28. The molecule has 0 spiro atoms. The Morgan fingerprint density at radius 1 is 1.42 bits per heavy atom. The average Bonchev–Trinajstić information content (AvgIpc) is 2.55. The summed E-state index contributed by atoms with van der Waals surface area (Å²) in [5, 5.41) is 2.87. The van der Waals surface area contributed by atoms with Crippen molar-refractivity contribution in [2.75, 3.05) is 31.3 Å². The van der Waals surface area contributed by atoms with Crippen LogP contribution in [0.2, 0.25) is 0 Å². The zero-order valence-electron chi connectivity index (χ0n) is 14.5. The van der Waals surface area contributed by atoms with Crippen LogP contribution in [0, 0.1) is 0 Å². The molecule has 8 heteroatoms. The van der Waals surface area contributed by atoms with Crippen LogP contribution >= 0.6 is 11.8 Å². The summed E-state index contributed by atoms with van der Waals surface area (Å²) < 4.78 is -0.473. The summed E-state index contributed by atoms with van der Waals surface area (Å²) in [7, 11) is 3.91. The molecule has 130 valence electrons. The lowest BCUT2D eigenvalue weighted by Gasteiger charge is -2.37. The second-order valence-electron chi connectivity index (χ2n) is 6.87. The lowest BCUT2D eigenvalue weighted by atomic mass is 10.0. The molecule has 24 heavy (non-hydrogen) atoms. The molecule has 1 saturated heterocycles. The largest absolute Gasteiger partial charge is 0.362 e. The van der Waals surface area contributed by atoms with Gasteiger partial charge in [-0.1, -0.05) is 0 Å². The first-order valence-corrected chi connectivity index (χ1v) is 9.02. The maximum Gasteiger partial charge on any atom is 0.246 e. The van der Waals surface area contributed by atoms with Crippen LogP contribution in [0.15, 0.2) is 6.33 Å². The number of aromatic nitrogens is 2. The van der Waals surface area contributed by atoms with Gasteiger partial charge in [0, 0.05) is 32.0 Å². The van der Waals surface area contributed by atoms with Crippen molar-refractivity contribution in [3.05, 3.63) is 17.6 Å². The molecule has 2 amide bonds. The maximum atomic E-state index is 12.8. The Morgan fingerprint density at radius 2 is 2.17 bits per heavy atom. The first kappa shape index (κ1) is 17.0. The van der Waals surface area contributed by atoms with Gasteiger partial charge in [0.25, 0.3) is 0 Å². The second kappa shape index (κ2) is 6.23. The fourth-order valence-corrected chi connectivity index (χ4v) is 3.99. The molecule has 3 rings (SSSR count). The average molecular weight is 349 g/mol. The Bertz CT molecular complexity index is 676. The lowest BCUT2D eigenvalue weighted by molar-refractivity contribution is -0.137. The van der Waals surface area contributed by atoms with Gasteiger partial charge >= 0.3 is 0 Å². The standard InChI is InChI=1S/C16H23N5O2S/c1-16(2)15(23)19-12(8-24-16)14(22)21-6-5-10-11(7-21)17-9-18-13(10)20(3)4/h9,12H,5-8H2,1-4H3,(H,19,23)/t12-/m1/s1. The summed E-state index contributed by atoms with van der Waals surface area (Å²) in [4.78, 5) is 37.3. The number of nitrogens with one attached hydrogen (secondary N) is 1. The molecular formula is C16H23N5O2S. The summed E-state index contributed by atoms with van der Waals surface area (Å²) >= 11 is 1.53. The molecule has 0 bridgehead atoms. The quantitative estimate of drug-likeness (QED) is 0.835. The van der Waals surface area contributed by atoms with Crippen molar-refractivity contribution < 1.29 is 9.59 Å². The minimum Gasteiger partial charge on any atom is -0.362 e. The van der Waals surface area contributed by atoms with Gasteiger partial charge < -0.3 is 15.1 Å². The third-order valence-electron chi connectivity index (χ3n) is 4.48. The summed E-state index contributed by atoms with van der Waals surface area (Å²) in [5.41, 5.74) is 2.00. The predicted octanol–water partition coefficient (Wildman–Crippen LogP) is 0.438. The van der Waals surface area contributed by atoms with E-state index < -0.39 is 10.8 Å². The van der Waals surface area contributed by atoms with Crippen molar-refractivity contribution in [1.29, 1.82) is 0 Å². The predicted molar refractivity (Wildman–Crippen MR) is 93.9 cm³/mol. The van der Waals surface area contributed by atoms with Crippen LogP contribution in [0.25, 0.3) is 0 Å². The van der Waals surface area contributed by atoms with E-state index in [0.29, 0.717) is 18.8 Å². The van der Waals surface area contributed by atoms with Crippen molar-refractivity contribution in [1.82, 2.24) is 20.2 Å². The Labute approximate surface area is 146 Å². The zero-order valence-corrected chi connectivity index (χ0v) is 15.3. The molecule has 1 aromatic rings. The molecule has 7 nitrogen and oxygen atoms in total. The molecule has 2 aliphatic heterocycles. The lowest BCUT2D eigenvalue weighted by Crippen LogP contribution is -2.58. The number of hydrogen-bond acceptors (Lipinski definition) is 6. The molecule has 0 radical (unpaired) electrons. The van der Waals surface area contributed by atoms with Crippen LogP contribution < -0.4 is 10.2 Å². The maximum absolute atomic E-state index is 12.8. The van der Waals surface area contributed by atoms with Crippen LogP contribution in [0.3, 0.4) is 0 Å². The minimum atomic E-state index is -0.473. The van der Waals surface area contributed by atoms with E-state index in [-0.39, 0.29) is 11.8 Å². The first-order chi connectivity index (χ1) is 11.3. The van der Waals surface area contributed by atoms with Gasteiger partial charge in [0.1, 0.15) is 18.2 Å². The van der Waals surface area contributed by atoms with Crippen molar-refractivity contribution in [2.24, 2.45) is 0 Å². The molecule has 3 heterocycles. The van der Waals surface area contributed by atoms with Crippen molar-refractivity contribution >= 4 is 29.4 Å². The number of amides is 2. The second-order valence-corrected chi connectivity index (χ2v) is 8.52. The van der Waals surface area contributed by atoms with E-state index in [4.69, 9.17) is 0 Å². The van der Waals surface area contributed by atoms with E-state index >= 15 is 0 Å². The highest BCUT2D eigenvalue weighted by atomic mass is 32.2. The number of anilines is 1. The summed E-state index contributed by atoms with van der Waals surface area (Å²) in [6.45, 7) is 4.85. The monoisotopic (exact) mass is 349 g/mol. The molecule has 1 atom stereocenters. The summed E-state index contributed by atoms with van der Waals surface area (Å²) in [5.74, 6) is 1.41. The molecule has 0 unspecified atom stereocenters. The number of carbonyl (C=O) groups excluding carboxylic acids is 2. The van der Waals surface area contributed by atoms with E-state index in [0.717, 1.165) is 23.5 Å². The van der Waals surface area contributed by atoms with Gasteiger partial charge in [-0.25, -0.2) is 9.97 Å². The van der Waals surface area contributed by atoms with Crippen LogP contribution in [0.4, 0.5) is 5.82 Å². The van der Waals surface area contributed by atoms with Crippen molar-refractivity contribution in [2.45, 2.75) is 37.6 Å². The number of hydrogen-bond donors (Lipinski definition) is 1. The molecule has 0 aromatic carbocycles. The number of nitrogens with zero attached hydrogens (tertiary/aromatic N) is 4. The Kier molecular flexibility index (Phi) is 4.42. The van der Waals surface area contributed by atoms with Gasteiger partial charge in [-0.2, -0.15) is 0 Å². The van der Waals surface area contributed by atoms with Crippen LogP contribution in [-0.4, -0.2) is 63.9 Å². The number of thioether (sulfide) groups is 1. The zero-order chi connectivity index (χ0) is 17.5. The van der Waals surface area contributed by atoms with E-state index in [9.17, 15) is 9.59 Å². The third kappa shape index (κ3) is 3.07. The van der Waals surface area contributed by atoms with E-state index in [2.05, 4.69) is 15.3 Å². The molecule has 1 fully saturated rings. The Hall–Kier alpha value is -1.83. The van der Waals surface area contributed by atoms with Gasteiger partial charge in [0.15, 0.2) is 0 Å². The molecule has 1 N–H and O–H groups in total. The van der Waals surface area contributed by atoms with Gasteiger partial charge in [0.2, 0.25) is 11.8 Å². The Balaban J connectivity index is 1.73. The highest BCUT2D eigenvalue weighted by Crippen LogP contribution is 2.30. The fourth-order valence-electron chi connectivity index (χ4n) is 2.99. The number of carbonyl (C=O) groups is 2. The highest BCUT2D eigenvalue weighted by molar-refractivity contribution is 8.01. The molecule has 1 aromatic heterocycles. The number of rotatable bonds is 2. The van der Waals surface area contributed by atoms with Crippen molar-refractivity contribution in [3.63, 3.8) is 0 Å². The van der Waals surface area contributed by atoms with E-state index in [1.165, 1.54) is 11.8 Å². The normalized spacial score (nSPS) is 22.6. The molecular weight excluding hydrogens is 326 g/mol. The number of fused-ring (bicyclic) bond motifs is 1. The van der Waals surface area contributed by atoms with Crippen LogP contribution in [0.1, 0.15) is 25.1 Å². The van der Waals surface area contributed by atoms with Gasteiger partial charge in [-0.15, -0.1) is 11.8 Å². The highest BCUT2D eigenvalue weighted by Gasteiger charge is 2.39. The van der Waals surface area contributed by atoms with Crippen LogP contribution in [0.5, 0.6) is 0 Å². The molecule has 0 saturated carbocycles.